The van der Waals surface area contributed by atoms with E-state index in [1.165, 1.54) is 11.6 Å². The Balaban J connectivity index is 2.02. The van der Waals surface area contributed by atoms with E-state index in [0.29, 0.717) is 5.56 Å². The van der Waals surface area contributed by atoms with Crippen molar-refractivity contribution >= 4 is 15.8 Å². The van der Waals surface area contributed by atoms with Crippen molar-refractivity contribution in [2.75, 3.05) is 6.26 Å². The zero-order valence-electron chi connectivity index (χ0n) is 14.3. The van der Waals surface area contributed by atoms with Crippen LogP contribution in [0.25, 0.3) is 0 Å². The molecular formula is C18H24O4S. The summed E-state index contributed by atoms with van der Waals surface area (Å²) in [6.07, 6.45) is 3.28. The van der Waals surface area contributed by atoms with Crippen molar-refractivity contribution in [1.82, 2.24) is 0 Å². The molecule has 23 heavy (non-hydrogen) atoms. The highest BCUT2D eigenvalue weighted by molar-refractivity contribution is 7.90. The van der Waals surface area contributed by atoms with Crippen LogP contribution in [0.4, 0.5) is 0 Å². The maximum Gasteiger partial charge on any atom is 0.310 e. The number of rotatable bonds is 5. The predicted molar refractivity (Wildman–Crippen MR) is 89.5 cm³/mol. The molecule has 0 heterocycles. The quantitative estimate of drug-likeness (QED) is 0.611. The largest absolute Gasteiger partial charge is 0.461 e. The Labute approximate surface area is 138 Å². The number of allylic oxidation sites excluding steroid dienone is 2. The van der Waals surface area contributed by atoms with Crippen LogP contribution in [0.3, 0.4) is 0 Å². The second kappa shape index (κ2) is 6.11. The minimum Gasteiger partial charge on any atom is -0.461 e. The molecule has 0 N–H and O–H groups in total. The smallest absolute Gasteiger partial charge is 0.310 e. The summed E-state index contributed by atoms with van der Waals surface area (Å²) in [5.74, 6) is -0.139. The first kappa shape index (κ1) is 17.7. The average Bonchev–Trinajstić information content (AvgIpc) is 2.96. The number of sulfone groups is 1. The number of esters is 1. The van der Waals surface area contributed by atoms with E-state index in [4.69, 9.17) is 4.74 Å². The number of hydrogen-bond donors (Lipinski definition) is 0. The molecule has 0 amide bonds. The van der Waals surface area contributed by atoms with Gasteiger partial charge in [-0.25, -0.2) is 8.42 Å². The molecule has 0 aliphatic heterocycles. The Morgan fingerprint density at radius 3 is 2.52 bits per heavy atom. The maximum atomic E-state index is 12.3. The van der Waals surface area contributed by atoms with Crippen molar-refractivity contribution in [1.29, 1.82) is 0 Å². The van der Waals surface area contributed by atoms with Crippen LogP contribution in [0.5, 0.6) is 0 Å². The molecule has 1 aliphatic carbocycles. The molecule has 1 fully saturated rings. The van der Waals surface area contributed by atoms with Crippen molar-refractivity contribution in [3.05, 3.63) is 41.5 Å². The monoisotopic (exact) mass is 336 g/mol. The number of benzene rings is 1. The van der Waals surface area contributed by atoms with Crippen LogP contribution < -0.4 is 0 Å². The molecule has 0 bridgehead atoms. The molecule has 2 unspecified atom stereocenters. The van der Waals surface area contributed by atoms with E-state index < -0.39 is 9.84 Å². The van der Waals surface area contributed by atoms with Crippen molar-refractivity contribution < 1.29 is 17.9 Å². The van der Waals surface area contributed by atoms with Crippen LogP contribution in [0.15, 0.2) is 40.8 Å². The van der Waals surface area contributed by atoms with E-state index in [2.05, 4.69) is 19.9 Å². The fraction of sp³-hybridized carbons (Fsp3) is 0.500. The Kier molecular flexibility index (Phi) is 4.71. The minimum absolute atomic E-state index is 0.0804. The van der Waals surface area contributed by atoms with Crippen molar-refractivity contribution in [3.63, 3.8) is 0 Å². The molecule has 1 aromatic rings. The van der Waals surface area contributed by atoms with Gasteiger partial charge in [0.05, 0.1) is 10.8 Å². The molecular weight excluding hydrogens is 312 g/mol. The number of carbonyl (C=O) groups excluding carboxylic acids is 1. The summed E-state index contributed by atoms with van der Waals surface area (Å²) in [6, 6.07) is 6.50. The van der Waals surface area contributed by atoms with Gasteiger partial charge in [0.1, 0.15) is 6.61 Å². The summed E-state index contributed by atoms with van der Waals surface area (Å²) >= 11 is 0. The molecule has 1 aromatic carbocycles. The van der Waals surface area contributed by atoms with Gasteiger partial charge in [-0.15, -0.1) is 0 Å². The Hall–Kier alpha value is -1.62. The summed E-state index contributed by atoms with van der Waals surface area (Å²) < 4.78 is 28.5. The number of carbonyl (C=O) groups is 1. The van der Waals surface area contributed by atoms with Gasteiger partial charge in [0.25, 0.3) is 0 Å². The average molecular weight is 336 g/mol. The maximum absolute atomic E-state index is 12.3. The predicted octanol–water partition coefficient (Wildman–Crippen LogP) is 3.37. The van der Waals surface area contributed by atoms with E-state index in [1.54, 1.807) is 18.2 Å². The molecule has 0 saturated heterocycles. The third-order valence-corrected chi connectivity index (χ3v) is 5.50. The number of hydrogen-bond acceptors (Lipinski definition) is 4. The van der Waals surface area contributed by atoms with Gasteiger partial charge >= 0.3 is 5.97 Å². The summed E-state index contributed by atoms with van der Waals surface area (Å²) in [5, 5.41) is 0. The summed E-state index contributed by atoms with van der Waals surface area (Å²) in [4.78, 5) is 12.5. The minimum atomic E-state index is -3.26. The first-order valence-corrected chi connectivity index (χ1v) is 9.53. The lowest BCUT2D eigenvalue weighted by atomic mass is 10.1. The van der Waals surface area contributed by atoms with Gasteiger partial charge in [-0.3, -0.25) is 4.79 Å². The van der Waals surface area contributed by atoms with Gasteiger partial charge in [0.2, 0.25) is 0 Å². The topological polar surface area (TPSA) is 60.4 Å². The lowest BCUT2D eigenvalue weighted by molar-refractivity contribution is -0.147. The second-order valence-electron chi connectivity index (χ2n) is 7.10. The van der Waals surface area contributed by atoms with Gasteiger partial charge < -0.3 is 4.74 Å². The van der Waals surface area contributed by atoms with Crippen LogP contribution in [0.1, 0.15) is 33.3 Å². The van der Waals surface area contributed by atoms with Gasteiger partial charge in [-0.2, -0.15) is 0 Å². The summed E-state index contributed by atoms with van der Waals surface area (Å²) in [6.45, 7) is 8.26. The fourth-order valence-corrected chi connectivity index (χ4v) is 3.60. The third-order valence-electron chi connectivity index (χ3n) is 4.39. The highest BCUT2D eigenvalue weighted by Gasteiger charge is 2.61. The Morgan fingerprint density at radius 2 is 1.96 bits per heavy atom. The van der Waals surface area contributed by atoms with Gasteiger partial charge in [-0.1, -0.05) is 37.6 Å². The fourth-order valence-electron chi connectivity index (χ4n) is 2.91. The molecule has 126 valence electrons. The van der Waals surface area contributed by atoms with E-state index in [-0.39, 0.29) is 34.7 Å². The standard InChI is InChI=1S/C18H24O4S/c1-12(2)9-15-16(18(15,3)4)17(19)22-11-13-7-6-8-14(10-13)23(5,20)21/h6-10,15-16H,11H2,1-5H3. The van der Waals surface area contributed by atoms with Gasteiger partial charge in [0.15, 0.2) is 9.84 Å². The Bertz CT molecular complexity index is 740. The lowest BCUT2D eigenvalue weighted by Crippen LogP contribution is -2.11. The lowest BCUT2D eigenvalue weighted by Gasteiger charge is -2.07. The first-order valence-electron chi connectivity index (χ1n) is 7.64. The van der Waals surface area contributed by atoms with E-state index in [9.17, 15) is 13.2 Å². The first-order chi connectivity index (χ1) is 10.5. The van der Waals surface area contributed by atoms with E-state index in [0.717, 1.165) is 6.26 Å². The van der Waals surface area contributed by atoms with Gasteiger partial charge in [-0.05, 0) is 42.9 Å². The molecule has 4 nitrogen and oxygen atoms in total. The zero-order valence-corrected chi connectivity index (χ0v) is 15.1. The molecule has 0 aromatic heterocycles. The second-order valence-corrected chi connectivity index (χ2v) is 9.11. The SMILES string of the molecule is CC(C)=CC1C(C(=O)OCc2cccc(S(C)(=O)=O)c2)C1(C)C. The van der Waals surface area contributed by atoms with Crippen LogP contribution >= 0.6 is 0 Å². The van der Waals surface area contributed by atoms with Crippen LogP contribution in [0, 0.1) is 17.3 Å². The Morgan fingerprint density at radius 1 is 1.30 bits per heavy atom. The van der Waals surface area contributed by atoms with E-state index >= 15 is 0 Å². The van der Waals surface area contributed by atoms with Crippen molar-refractivity contribution in [2.45, 2.75) is 39.2 Å². The molecule has 1 aliphatic rings. The molecule has 0 radical (unpaired) electrons. The molecule has 5 heteroatoms. The molecule has 2 atom stereocenters. The van der Waals surface area contributed by atoms with Crippen LogP contribution in [0.2, 0.25) is 0 Å². The van der Waals surface area contributed by atoms with Crippen LogP contribution in [-0.4, -0.2) is 20.6 Å². The van der Waals surface area contributed by atoms with Crippen LogP contribution in [-0.2, 0) is 26.0 Å². The summed E-state index contributed by atoms with van der Waals surface area (Å²) in [5.41, 5.74) is 1.79. The normalized spacial score (nSPS) is 22.3. The van der Waals surface area contributed by atoms with Crippen molar-refractivity contribution in [3.8, 4) is 0 Å². The number of ether oxygens (including phenoxy) is 1. The summed E-state index contributed by atoms with van der Waals surface area (Å²) in [7, 11) is -3.26. The highest BCUT2D eigenvalue weighted by Crippen LogP contribution is 2.59. The molecule has 1 saturated carbocycles. The third kappa shape index (κ3) is 4.02. The van der Waals surface area contributed by atoms with Gasteiger partial charge in [0, 0.05) is 6.26 Å². The van der Waals surface area contributed by atoms with Crippen molar-refractivity contribution in [2.24, 2.45) is 17.3 Å². The highest BCUT2D eigenvalue weighted by atomic mass is 32.2. The zero-order chi connectivity index (χ0) is 17.4. The molecule has 2 rings (SSSR count). The van der Waals surface area contributed by atoms with E-state index in [1.807, 2.05) is 13.8 Å². The molecule has 0 spiro atoms.